The molecule has 0 amide bonds. The standard InChI is InChI=1S/C14H17N3/c1-10(2)11-4-3-5-13(8-11)17-14-7-6-12(15)9-16-14/h3-10H,15H2,1-2H3,(H,16,17). The van der Waals surface area contributed by atoms with Crippen LogP contribution in [0.5, 0.6) is 0 Å². The van der Waals surface area contributed by atoms with Gasteiger partial charge in [-0.25, -0.2) is 4.98 Å². The average molecular weight is 227 g/mol. The number of nitrogens with one attached hydrogen (secondary N) is 1. The van der Waals surface area contributed by atoms with E-state index in [0.29, 0.717) is 11.6 Å². The molecule has 0 aliphatic carbocycles. The minimum atomic E-state index is 0.524. The molecule has 2 aromatic rings. The highest BCUT2D eigenvalue weighted by Gasteiger charge is 2.01. The lowest BCUT2D eigenvalue weighted by atomic mass is 10.0. The van der Waals surface area contributed by atoms with Crippen LogP contribution in [0.3, 0.4) is 0 Å². The second kappa shape index (κ2) is 4.87. The number of nitrogens with two attached hydrogens (primary N) is 1. The van der Waals surface area contributed by atoms with Crippen LogP contribution in [0.2, 0.25) is 0 Å². The van der Waals surface area contributed by atoms with Crippen molar-refractivity contribution in [3.05, 3.63) is 48.2 Å². The van der Waals surface area contributed by atoms with Gasteiger partial charge in [-0.3, -0.25) is 0 Å². The summed E-state index contributed by atoms with van der Waals surface area (Å²) in [5.41, 5.74) is 8.63. The zero-order chi connectivity index (χ0) is 12.3. The molecule has 3 nitrogen and oxygen atoms in total. The minimum Gasteiger partial charge on any atom is -0.397 e. The van der Waals surface area contributed by atoms with E-state index in [1.165, 1.54) is 5.56 Å². The van der Waals surface area contributed by atoms with Crippen molar-refractivity contribution in [3.63, 3.8) is 0 Å². The third-order valence-corrected chi connectivity index (χ3v) is 2.61. The first kappa shape index (κ1) is 11.5. The predicted octanol–water partition coefficient (Wildman–Crippen LogP) is 3.53. The lowest BCUT2D eigenvalue weighted by molar-refractivity contribution is 0.867. The summed E-state index contributed by atoms with van der Waals surface area (Å²) >= 11 is 0. The monoisotopic (exact) mass is 227 g/mol. The van der Waals surface area contributed by atoms with E-state index >= 15 is 0 Å². The summed E-state index contributed by atoms with van der Waals surface area (Å²) in [5.74, 6) is 1.33. The van der Waals surface area contributed by atoms with E-state index in [4.69, 9.17) is 5.73 Å². The van der Waals surface area contributed by atoms with Crippen LogP contribution in [0, 0.1) is 0 Å². The van der Waals surface area contributed by atoms with Crippen molar-refractivity contribution < 1.29 is 0 Å². The third kappa shape index (κ3) is 2.97. The molecule has 3 N–H and O–H groups in total. The van der Waals surface area contributed by atoms with Gasteiger partial charge in [-0.05, 0) is 35.7 Å². The number of hydrogen-bond donors (Lipinski definition) is 2. The highest BCUT2D eigenvalue weighted by atomic mass is 15.0. The Labute approximate surface area is 102 Å². The summed E-state index contributed by atoms with van der Waals surface area (Å²) in [7, 11) is 0. The van der Waals surface area contributed by atoms with E-state index in [1.54, 1.807) is 6.20 Å². The van der Waals surface area contributed by atoms with Crippen LogP contribution in [0.4, 0.5) is 17.2 Å². The van der Waals surface area contributed by atoms with Gasteiger partial charge >= 0.3 is 0 Å². The summed E-state index contributed by atoms with van der Waals surface area (Å²) in [4.78, 5) is 4.21. The van der Waals surface area contributed by atoms with Gasteiger partial charge in [0, 0.05) is 5.69 Å². The van der Waals surface area contributed by atoms with Gasteiger partial charge in [0.1, 0.15) is 5.82 Å². The van der Waals surface area contributed by atoms with Gasteiger partial charge in [-0.1, -0.05) is 26.0 Å². The summed E-state index contributed by atoms with van der Waals surface area (Å²) in [5, 5.41) is 3.26. The minimum absolute atomic E-state index is 0.524. The molecule has 1 aromatic carbocycles. The molecule has 0 aliphatic rings. The van der Waals surface area contributed by atoms with Gasteiger partial charge in [0.15, 0.2) is 0 Å². The second-order valence-electron chi connectivity index (χ2n) is 4.38. The van der Waals surface area contributed by atoms with Gasteiger partial charge in [0.05, 0.1) is 11.9 Å². The van der Waals surface area contributed by atoms with Crippen LogP contribution in [0.25, 0.3) is 0 Å². The van der Waals surface area contributed by atoms with Gasteiger partial charge in [0.25, 0.3) is 0 Å². The molecule has 17 heavy (non-hydrogen) atoms. The van der Waals surface area contributed by atoms with Crippen molar-refractivity contribution in [2.45, 2.75) is 19.8 Å². The fraction of sp³-hybridized carbons (Fsp3) is 0.214. The first-order chi connectivity index (χ1) is 8.15. The van der Waals surface area contributed by atoms with Gasteiger partial charge < -0.3 is 11.1 Å². The maximum absolute atomic E-state index is 5.59. The highest BCUT2D eigenvalue weighted by molar-refractivity contribution is 5.58. The SMILES string of the molecule is CC(C)c1cccc(Nc2ccc(N)cn2)c1. The van der Waals surface area contributed by atoms with E-state index in [9.17, 15) is 0 Å². The molecular weight excluding hydrogens is 210 g/mol. The van der Waals surface area contributed by atoms with E-state index in [-0.39, 0.29) is 0 Å². The molecule has 0 radical (unpaired) electrons. The van der Waals surface area contributed by atoms with E-state index in [2.05, 4.69) is 42.3 Å². The molecule has 0 spiro atoms. The van der Waals surface area contributed by atoms with Crippen molar-refractivity contribution in [1.29, 1.82) is 0 Å². The molecule has 1 aromatic heterocycles. The molecular formula is C14H17N3. The Kier molecular flexibility index (Phi) is 3.28. The fourth-order valence-electron chi connectivity index (χ4n) is 1.60. The molecule has 0 fully saturated rings. The molecule has 0 atom stereocenters. The van der Waals surface area contributed by atoms with Crippen LogP contribution in [0.1, 0.15) is 25.3 Å². The molecule has 3 heteroatoms. The quantitative estimate of drug-likeness (QED) is 0.843. The fourth-order valence-corrected chi connectivity index (χ4v) is 1.60. The lowest BCUT2D eigenvalue weighted by Crippen LogP contribution is -1.96. The van der Waals surface area contributed by atoms with Crippen LogP contribution in [-0.2, 0) is 0 Å². The molecule has 0 unspecified atom stereocenters. The van der Waals surface area contributed by atoms with Crippen molar-refractivity contribution >= 4 is 17.2 Å². The maximum Gasteiger partial charge on any atom is 0.130 e. The van der Waals surface area contributed by atoms with Crippen LogP contribution in [-0.4, -0.2) is 4.98 Å². The topological polar surface area (TPSA) is 50.9 Å². The van der Waals surface area contributed by atoms with Gasteiger partial charge in [0.2, 0.25) is 0 Å². The third-order valence-electron chi connectivity index (χ3n) is 2.61. The summed E-state index contributed by atoms with van der Waals surface area (Å²) in [6.45, 7) is 4.36. The highest BCUT2D eigenvalue weighted by Crippen LogP contribution is 2.21. The number of aromatic nitrogens is 1. The maximum atomic E-state index is 5.59. The summed E-state index contributed by atoms with van der Waals surface area (Å²) in [6.07, 6.45) is 1.65. The molecule has 2 rings (SSSR count). The molecule has 0 saturated carbocycles. The van der Waals surface area contributed by atoms with Crippen LogP contribution >= 0.6 is 0 Å². The normalized spacial score (nSPS) is 10.5. The summed E-state index contributed by atoms with van der Waals surface area (Å²) < 4.78 is 0. The Balaban J connectivity index is 2.18. The van der Waals surface area contributed by atoms with E-state index < -0.39 is 0 Å². The van der Waals surface area contributed by atoms with Crippen molar-refractivity contribution in [2.75, 3.05) is 11.1 Å². The van der Waals surface area contributed by atoms with E-state index in [1.807, 2.05) is 18.2 Å². The molecule has 0 aliphatic heterocycles. The Hall–Kier alpha value is -2.03. The number of hydrogen-bond acceptors (Lipinski definition) is 3. The van der Waals surface area contributed by atoms with E-state index in [0.717, 1.165) is 11.5 Å². The number of anilines is 3. The number of pyridine rings is 1. The zero-order valence-electron chi connectivity index (χ0n) is 10.1. The number of benzene rings is 1. The zero-order valence-corrected chi connectivity index (χ0v) is 10.1. The Morgan fingerprint density at radius 3 is 2.65 bits per heavy atom. The van der Waals surface area contributed by atoms with Crippen LogP contribution < -0.4 is 11.1 Å². The Morgan fingerprint density at radius 2 is 2.00 bits per heavy atom. The molecule has 0 saturated heterocycles. The average Bonchev–Trinajstić information content (AvgIpc) is 2.32. The van der Waals surface area contributed by atoms with Gasteiger partial charge in [-0.15, -0.1) is 0 Å². The van der Waals surface area contributed by atoms with Crippen molar-refractivity contribution in [1.82, 2.24) is 4.98 Å². The first-order valence-corrected chi connectivity index (χ1v) is 5.73. The number of nitrogens with zero attached hydrogens (tertiary/aromatic N) is 1. The molecule has 88 valence electrons. The molecule has 0 bridgehead atoms. The van der Waals surface area contributed by atoms with Gasteiger partial charge in [-0.2, -0.15) is 0 Å². The molecule has 1 heterocycles. The summed E-state index contributed by atoms with van der Waals surface area (Å²) in [6, 6.07) is 12.1. The Morgan fingerprint density at radius 1 is 1.18 bits per heavy atom. The van der Waals surface area contributed by atoms with Crippen LogP contribution in [0.15, 0.2) is 42.6 Å². The second-order valence-corrected chi connectivity index (χ2v) is 4.38. The predicted molar refractivity (Wildman–Crippen MR) is 72.5 cm³/mol. The number of nitrogen functional groups attached to an aromatic ring is 1. The smallest absolute Gasteiger partial charge is 0.130 e. The van der Waals surface area contributed by atoms with Crippen molar-refractivity contribution in [2.24, 2.45) is 0 Å². The largest absolute Gasteiger partial charge is 0.397 e. The lowest BCUT2D eigenvalue weighted by Gasteiger charge is -2.09. The van der Waals surface area contributed by atoms with Crippen molar-refractivity contribution in [3.8, 4) is 0 Å². The Bertz CT molecular complexity index is 489. The number of rotatable bonds is 3. The first-order valence-electron chi connectivity index (χ1n) is 5.73.